The number of hydrogen-bond donors (Lipinski definition) is 0. The zero-order valence-electron chi connectivity index (χ0n) is 20.0. The second-order valence-electron chi connectivity index (χ2n) is 9.13. The van der Waals surface area contributed by atoms with Gasteiger partial charge in [0.05, 0.1) is 10.9 Å². The van der Waals surface area contributed by atoms with Crippen LogP contribution < -0.4 is 4.90 Å². The van der Waals surface area contributed by atoms with Crippen molar-refractivity contribution in [3.8, 4) is 11.4 Å². The van der Waals surface area contributed by atoms with Crippen LogP contribution in [0.5, 0.6) is 0 Å². The molecule has 2 fully saturated rings. The minimum atomic E-state index is -3.92. The van der Waals surface area contributed by atoms with Gasteiger partial charge in [0.25, 0.3) is 0 Å². The van der Waals surface area contributed by atoms with E-state index >= 15 is 0 Å². The Hall–Kier alpha value is -2.95. The van der Waals surface area contributed by atoms with Crippen LogP contribution in [-0.4, -0.2) is 72.9 Å². The first-order valence-electron chi connectivity index (χ1n) is 12.0. The number of aryl methyl sites for hydroxylation is 1. The summed E-state index contributed by atoms with van der Waals surface area (Å²) < 4.78 is 33.6. The summed E-state index contributed by atoms with van der Waals surface area (Å²) in [7, 11) is -3.92. The maximum absolute atomic E-state index is 13.6. The second-order valence-corrected chi connectivity index (χ2v) is 11.4. The van der Waals surface area contributed by atoms with Crippen LogP contribution in [-0.2, 0) is 14.8 Å². The lowest BCUT2D eigenvalue weighted by atomic mass is 9.97. The standard InChI is InChI=1S/C25H28ClN5O4S/c1-18-27-24(28-35-18)19-9-10-22(26)23(16-19)36(33,34)31-11-5-6-20(17-31)25(32)30-14-12-29(13-15-30)21-7-3-2-4-8-21/h2-4,7-10,16,20H,5-6,11-15,17H2,1H3. The number of aromatic nitrogens is 2. The number of carbonyl (C=O) groups is 1. The van der Waals surface area contributed by atoms with E-state index in [1.165, 1.54) is 16.4 Å². The van der Waals surface area contributed by atoms with Gasteiger partial charge < -0.3 is 14.3 Å². The molecule has 36 heavy (non-hydrogen) atoms. The molecule has 0 aliphatic carbocycles. The Bertz CT molecular complexity index is 1340. The van der Waals surface area contributed by atoms with Crippen LogP contribution >= 0.6 is 11.6 Å². The lowest BCUT2D eigenvalue weighted by molar-refractivity contribution is -0.137. The van der Waals surface area contributed by atoms with Crippen molar-refractivity contribution >= 4 is 33.2 Å². The predicted octanol–water partition coefficient (Wildman–Crippen LogP) is 3.45. The van der Waals surface area contributed by atoms with Gasteiger partial charge in [0.15, 0.2) is 0 Å². The fourth-order valence-electron chi connectivity index (χ4n) is 4.84. The van der Waals surface area contributed by atoms with Crippen LogP contribution in [0.1, 0.15) is 18.7 Å². The van der Waals surface area contributed by atoms with E-state index in [0.29, 0.717) is 49.8 Å². The van der Waals surface area contributed by atoms with E-state index < -0.39 is 10.0 Å². The fourth-order valence-corrected chi connectivity index (χ4v) is 6.86. The Morgan fingerprint density at radius 2 is 1.81 bits per heavy atom. The van der Waals surface area contributed by atoms with Crippen molar-refractivity contribution in [2.45, 2.75) is 24.7 Å². The molecule has 0 saturated carbocycles. The van der Waals surface area contributed by atoms with Crippen molar-refractivity contribution in [2.24, 2.45) is 5.92 Å². The Labute approximate surface area is 215 Å². The highest BCUT2D eigenvalue weighted by atomic mass is 35.5. The molecule has 2 saturated heterocycles. The normalized spacial score (nSPS) is 19.4. The summed E-state index contributed by atoms with van der Waals surface area (Å²) in [5.41, 5.74) is 1.64. The molecule has 0 radical (unpaired) electrons. The third-order valence-electron chi connectivity index (χ3n) is 6.78. The maximum atomic E-state index is 13.6. The molecule has 0 N–H and O–H groups in total. The van der Waals surface area contributed by atoms with E-state index in [9.17, 15) is 13.2 Å². The Kier molecular flexibility index (Phi) is 7.00. The molecule has 3 aromatic rings. The minimum Gasteiger partial charge on any atom is -0.368 e. The number of benzene rings is 2. The average Bonchev–Trinajstić information content (AvgIpc) is 3.35. The first-order valence-corrected chi connectivity index (χ1v) is 13.8. The number of carbonyl (C=O) groups excluding carboxylic acids is 1. The number of hydrogen-bond acceptors (Lipinski definition) is 7. The number of rotatable bonds is 5. The van der Waals surface area contributed by atoms with Gasteiger partial charge in [-0.1, -0.05) is 35.0 Å². The number of piperidine rings is 1. The van der Waals surface area contributed by atoms with Crippen molar-refractivity contribution < 1.29 is 17.7 Å². The number of amides is 1. The molecule has 1 amide bonds. The Balaban J connectivity index is 1.28. The summed E-state index contributed by atoms with van der Waals surface area (Å²) in [6, 6.07) is 14.8. The summed E-state index contributed by atoms with van der Waals surface area (Å²) in [5.74, 6) is 0.316. The van der Waals surface area contributed by atoms with Gasteiger partial charge in [0, 0.05) is 57.4 Å². The lowest BCUT2D eigenvalue weighted by Gasteiger charge is -2.39. The number of piperazine rings is 1. The molecular weight excluding hydrogens is 502 g/mol. The van der Waals surface area contributed by atoms with Gasteiger partial charge in [-0.25, -0.2) is 8.42 Å². The van der Waals surface area contributed by atoms with Gasteiger partial charge in [0.1, 0.15) is 4.90 Å². The quantitative estimate of drug-likeness (QED) is 0.499. The maximum Gasteiger partial charge on any atom is 0.244 e. The van der Waals surface area contributed by atoms with E-state index in [0.717, 1.165) is 18.8 Å². The van der Waals surface area contributed by atoms with Crippen LogP contribution in [0.3, 0.4) is 0 Å². The van der Waals surface area contributed by atoms with E-state index in [4.69, 9.17) is 16.1 Å². The molecule has 0 bridgehead atoms. The number of para-hydroxylation sites is 1. The third-order valence-corrected chi connectivity index (χ3v) is 9.13. The molecule has 0 spiro atoms. The largest absolute Gasteiger partial charge is 0.368 e. The predicted molar refractivity (Wildman–Crippen MR) is 136 cm³/mol. The molecule has 1 atom stereocenters. The third kappa shape index (κ3) is 4.98. The molecule has 3 heterocycles. The second kappa shape index (κ2) is 10.2. The summed E-state index contributed by atoms with van der Waals surface area (Å²) in [5, 5.41) is 3.99. The van der Waals surface area contributed by atoms with Crippen molar-refractivity contribution in [3.63, 3.8) is 0 Å². The summed E-state index contributed by atoms with van der Waals surface area (Å²) in [6.07, 6.45) is 1.28. The topological polar surface area (TPSA) is 99.8 Å². The van der Waals surface area contributed by atoms with Crippen molar-refractivity contribution in [2.75, 3.05) is 44.2 Å². The molecule has 2 aliphatic heterocycles. The van der Waals surface area contributed by atoms with E-state index in [1.54, 1.807) is 13.0 Å². The lowest BCUT2D eigenvalue weighted by Crippen LogP contribution is -2.53. The fraction of sp³-hybridized carbons (Fsp3) is 0.400. The van der Waals surface area contributed by atoms with Crippen LogP contribution in [0.2, 0.25) is 5.02 Å². The molecule has 5 rings (SSSR count). The van der Waals surface area contributed by atoms with Crippen LogP contribution in [0.15, 0.2) is 57.9 Å². The monoisotopic (exact) mass is 529 g/mol. The molecule has 11 heteroatoms. The van der Waals surface area contributed by atoms with Gasteiger partial charge in [-0.05, 0) is 43.2 Å². The van der Waals surface area contributed by atoms with Crippen molar-refractivity contribution in [1.82, 2.24) is 19.3 Å². The number of anilines is 1. The number of nitrogens with zero attached hydrogens (tertiary/aromatic N) is 5. The van der Waals surface area contributed by atoms with Gasteiger partial charge in [-0.2, -0.15) is 9.29 Å². The average molecular weight is 530 g/mol. The smallest absolute Gasteiger partial charge is 0.244 e. The summed E-state index contributed by atoms with van der Waals surface area (Å²) >= 11 is 6.33. The van der Waals surface area contributed by atoms with Crippen molar-refractivity contribution in [3.05, 3.63) is 59.4 Å². The summed E-state index contributed by atoms with van der Waals surface area (Å²) in [4.78, 5) is 21.6. The molecule has 9 nitrogen and oxygen atoms in total. The Morgan fingerprint density at radius 3 is 2.50 bits per heavy atom. The first-order chi connectivity index (χ1) is 17.3. The van der Waals surface area contributed by atoms with Gasteiger partial charge in [-0.15, -0.1) is 0 Å². The van der Waals surface area contributed by atoms with Gasteiger partial charge in [-0.3, -0.25) is 4.79 Å². The minimum absolute atomic E-state index is 0.0183. The first kappa shape index (κ1) is 24.7. The van der Waals surface area contributed by atoms with Crippen LogP contribution in [0.25, 0.3) is 11.4 Å². The molecule has 190 valence electrons. The SMILES string of the molecule is Cc1nc(-c2ccc(Cl)c(S(=O)(=O)N3CCCC(C(=O)N4CCN(c5ccccc5)CC4)C3)c2)no1. The highest BCUT2D eigenvalue weighted by Gasteiger charge is 2.37. The van der Waals surface area contributed by atoms with Crippen molar-refractivity contribution in [1.29, 1.82) is 0 Å². The highest BCUT2D eigenvalue weighted by molar-refractivity contribution is 7.89. The molecule has 2 aliphatic rings. The zero-order valence-corrected chi connectivity index (χ0v) is 21.6. The van der Waals surface area contributed by atoms with Crippen LogP contribution in [0.4, 0.5) is 5.69 Å². The van der Waals surface area contributed by atoms with Gasteiger partial charge >= 0.3 is 0 Å². The van der Waals surface area contributed by atoms with Crippen LogP contribution in [0, 0.1) is 12.8 Å². The molecule has 1 aromatic heterocycles. The molecular formula is C25H28ClN5O4S. The highest BCUT2D eigenvalue weighted by Crippen LogP contribution is 2.32. The molecule has 1 unspecified atom stereocenters. The van der Waals surface area contributed by atoms with E-state index in [2.05, 4.69) is 27.2 Å². The zero-order chi connectivity index (χ0) is 25.3. The van der Waals surface area contributed by atoms with E-state index in [1.807, 2.05) is 23.1 Å². The van der Waals surface area contributed by atoms with Gasteiger partial charge in [0.2, 0.25) is 27.6 Å². The summed E-state index contributed by atoms with van der Waals surface area (Å²) in [6.45, 7) is 4.89. The Morgan fingerprint density at radius 1 is 1.06 bits per heavy atom. The molecule has 2 aromatic carbocycles. The number of sulfonamides is 1. The van der Waals surface area contributed by atoms with E-state index in [-0.39, 0.29) is 28.3 Å². The number of halogens is 1.